The van der Waals surface area contributed by atoms with Gasteiger partial charge in [-0.25, -0.2) is 13.1 Å². The van der Waals surface area contributed by atoms with Gasteiger partial charge < -0.3 is 14.7 Å². The van der Waals surface area contributed by atoms with E-state index >= 15 is 0 Å². The van der Waals surface area contributed by atoms with Crippen LogP contribution in [0, 0.1) is 23.7 Å². The van der Waals surface area contributed by atoms with Crippen molar-refractivity contribution in [2.24, 2.45) is 23.7 Å². The molecule has 0 saturated heterocycles. The number of rotatable bonds is 1. The number of hydrogen-bond acceptors (Lipinski definition) is 6. The van der Waals surface area contributed by atoms with E-state index in [2.05, 4.69) is 21.8 Å². The van der Waals surface area contributed by atoms with E-state index in [4.69, 9.17) is 16.3 Å². The quantitative estimate of drug-likeness (QED) is 0.384. The Morgan fingerprint density at radius 1 is 1.14 bits per heavy atom. The van der Waals surface area contributed by atoms with Crippen LogP contribution in [-0.4, -0.2) is 50.5 Å². The second-order valence-corrected chi connectivity index (χ2v) is 15.6. The molecule has 0 radical (unpaired) electrons. The molecule has 2 aliphatic heterocycles. The lowest BCUT2D eigenvalue weighted by molar-refractivity contribution is 0.0453. The van der Waals surface area contributed by atoms with E-state index in [1.165, 1.54) is 11.1 Å². The summed E-state index contributed by atoms with van der Waals surface area (Å²) < 4.78 is 35.9. The summed E-state index contributed by atoms with van der Waals surface area (Å²) in [7, 11) is -3.96. The summed E-state index contributed by atoms with van der Waals surface area (Å²) in [5.41, 5.74) is 3.33. The molecule has 6 rings (SSSR count). The van der Waals surface area contributed by atoms with E-state index < -0.39 is 27.3 Å². The number of carbonyl (C=O) groups is 1. The van der Waals surface area contributed by atoms with E-state index in [0.717, 1.165) is 42.8 Å². The van der Waals surface area contributed by atoms with Crippen LogP contribution in [0.1, 0.15) is 74.4 Å². The van der Waals surface area contributed by atoms with Crippen molar-refractivity contribution in [2.45, 2.75) is 76.1 Å². The Kier molecular flexibility index (Phi) is 8.33. The van der Waals surface area contributed by atoms with Crippen molar-refractivity contribution in [1.82, 2.24) is 4.72 Å². The zero-order valence-electron chi connectivity index (χ0n) is 25.3. The number of hydrogen-bond donors (Lipinski definition) is 2. The van der Waals surface area contributed by atoms with E-state index in [1.54, 1.807) is 18.2 Å². The first-order valence-corrected chi connectivity index (χ1v) is 17.7. The van der Waals surface area contributed by atoms with Gasteiger partial charge in [-0.1, -0.05) is 50.6 Å². The lowest BCUT2D eigenvalue weighted by Crippen LogP contribution is -2.49. The molecule has 9 heteroatoms. The van der Waals surface area contributed by atoms with Gasteiger partial charge in [-0.2, -0.15) is 0 Å². The first-order valence-electron chi connectivity index (χ1n) is 15.7. The number of carbonyl (C=O) groups excluding carboxylic acids is 1. The van der Waals surface area contributed by atoms with Crippen molar-refractivity contribution in [2.75, 3.05) is 24.6 Å². The molecule has 1 amide bonds. The summed E-state index contributed by atoms with van der Waals surface area (Å²) in [5.74, 6) is 0.110. The number of nitrogens with zero attached hydrogens (tertiary/aromatic N) is 1. The zero-order chi connectivity index (χ0) is 30.5. The highest BCUT2D eigenvalue weighted by Gasteiger charge is 2.44. The molecule has 1 spiro atoms. The average molecular weight is 627 g/mol. The zero-order valence-corrected chi connectivity index (χ0v) is 26.8. The lowest BCUT2D eigenvalue weighted by atomic mass is 9.68. The molecule has 232 valence electrons. The number of aryl methyl sites for hydroxylation is 1. The molecule has 2 aliphatic carbocycles. The van der Waals surface area contributed by atoms with E-state index in [1.807, 2.05) is 39.0 Å². The van der Waals surface area contributed by atoms with Gasteiger partial charge in [0.2, 0.25) is 10.0 Å². The molecular weight excluding hydrogens is 584 g/mol. The van der Waals surface area contributed by atoms with Gasteiger partial charge in [-0.15, -0.1) is 0 Å². The van der Waals surface area contributed by atoms with Crippen LogP contribution in [0.2, 0.25) is 5.02 Å². The number of aliphatic hydroxyl groups is 1. The van der Waals surface area contributed by atoms with Crippen LogP contribution in [0.5, 0.6) is 5.75 Å². The summed E-state index contributed by atoms with van der Waals surface area (Å²) in [6.07, 6.45) is 8.51. The molecule has 0 unspecified atom stereocenters. The molecule has 7 nitrogen and oxygen atoms in total. The first kappa shape index (κ1) is 30.5. The van der Waals surface area contributed by atoms with Gasteiger partial charge in [-0.05, 0) is 104 Å². The Hall–Kier alpha value is -2.55. The molecule has 0 aromatic heterocycles. The maximum atomic E-state index is 13.5. The van der Waals surface area contributed by atoms with Crippen LogP contribution in [0.3, 0.4) is 0 Å². The number of benzene rings is 2. The van der Waals surface area contributed by atoms with E-state index in [9.17, 15) is 18.3 Å². The Morgan fingerprint density at radius 2 is 1.95 bits per heavy atom. The number of fused-ring (bicyclic) bond motifs is 4. The van der Waals surface area contributed by atoms with Crippen molar-refractivity contribution >= 4 is 33.2 Å². The molecule has 4 aliphatic rings. The molecule has 2 bridgehead atoms. The normalized spacial score (nSPS) is 34.5. The van der Waals surface area contributed by atoms with Crippen molar-refractivity contribution in [3.05, 3.63) is 70.3 Å². The number of halogens is 1. The van der Waals surface area contributed by atoms with Gasteiger partial charge in [-0.3, -0.25) is 4.79 Å². The third-order valence-corrected chi connectivity index (χ3v) is 13.0. The molecule has 2 N–H and O–H groups in total. The fraction of sp³-hybridized carbons (Fsp3) is 0.559. The minimum Gasteiger partial charge on any atom is -0.490 e. The Labute approximate surface area is 260 Å². The van der Waals surface area contributed by atoms with Gasteiger partial charge in [0.15, 0.2) is 0 Å². The van der Waals surface area contributed by atoms with Crippen molar-refractivity contribution in [3.63, 3.8) is 0 Å². The van der Waals surface area contributed by atoms with Crippen LogP contribution < -0.4 is 14.4 Å². The summed E-state index contributed by atoms with van der Waals surface area (Å²) >= 11 is 6.40. The topological polar surface area (TPSA) is 95.9 Å². The highest BCUT2D eigenvalue weighted by atomic mass is 35.5. The minimum atomic E-state index is -3.96. The summed E-state index contributed by atoms with van der Waals surface area (Å²) in [6, 6.07) is 11.4. The number of nitrogens with one attached hydrogen (secondary N) is 1. The summed E-state index contributed by atoms with van der Waals surface area (Å²) in [6.45, 7) is 7.62. The van der Waals surface area contributed by atoms with Gasteiger partial charge in [0.1, 0.15) is 5.75 Å². The largest absolute Gasteiger partial charge is 0.490 e. The second kappa shape index (κ2) is 11.8. The maximum absolute atomic E-state index is 13.5. The number of anilines is 1. The number of amides is 1. The SMILES string of the molecule is CC[C@@H]1[C@@H](C)[C@H](C)/C=C\[C@H](O)[C@@H]2CC[C@H]2CN2C[C@@]3(CCCc4cc(Cl)ccc43)COc3ccc(cc32)C(=O)NS1(=O)=O. The lowest BCUT2D eigenvalue weighted by Gasteiger charge is -2.45. The molecule has 1 fully saturated rings. The van der Waals surface area contributed by atoms with Gasteiger partial charge in [0.05, 0.1) is 23.6 Å². The highest BCUT2D eigenvalue weighted by Crippen LogP contribution is 2.47. The average Bonchev–Trinajstić information content (AvgIpc) is 3.10. The molecule has 2 heterocycles. The minimum absolute atomic E-state index is 0.0916. The molecular formula is C34H43ClN2O5S. The van der Waals surface area contributed by atoms with Crippen LogP contribution in [0.4, 0.5) is 5.69 Å². The van der Waals surface area contributed by atoms with Crippen molar-refractivity contribution < 1.29 is 23.1 Å². The van der Waals surface area contributed by atoms with Crippen LogP contribution in [-0.2, 0) is 21.9 Å². The van der Waals surface area contributed by atoms with Gasteiger partial charge in [0, 0.05) is 29.1 Å². The Morgan fingerprint density at radius 3 is 2.70 bits per heavy atom. The van der Waals surface area contributed by atoms with Gasteiger partial charge in [0.25, 0.3) is 5.91 Å². The van der Waals surface area contributed by atoms with Crippen molar-refractivity contribution in [1.29, 1.82) is 0 Å². The van der Waals surface area contributed by atoms with E-state index in [0.29, 0.717) is 31.9 Å². The van der Waals surface area contributed by atoms with Gasteiger partial charge >= 0.3 is 0 Å². The first-order chi connectivity index (χ1) is 20.5. The van der Waals surface area contributed by atoms with Crippen molar-refractivity contribution in [3.8, 4) is 5.75 Å². The number of aliphatic hydroxyl groups excluding tert-OH is 1. The fourth-order valence-corrected chi connectivity index (χ4v) is 9.87. The predicted molar refractivity (Wildman–Crippen MR) is 170 cm³/mol. The molecule has 7 atom stereocenters. The predicted octanol–water partition coefficient (Wildman–Crippen LogP) is 5.88. The van der Waals surface area contributed by atoms with Crippen LogP contribution in [0.25, 0.3) is 0 Å². The number of allylic oxidation sites excluding steroid dienone is 1. The van der Waals surface area contributed by atoms with Crippen LogP contribution >= 0.6 is 11.6 Å². The smallest absolute Gasteiger partial charge is 0.264 e. The fourth-order valence-electron chi connectivity index (χ4n) is 7.89. The summed E-state index contributed by atoms with van der Waals surface area (Å²) in [4.78, 5) is 15.8. The third kappa shape index (κ3) is 5.71. The standard InChI is InChI=1S/C34H43ClN2O5S/c1-4-32-22(3)21(2)7-13-30(38)27-11-8-25(27)18-37-19-34(15-5-6-23-16-26(35)10-12-28(23)34)20-42-31-14-9-24(17-29(31)37)33(39)36-43(32,40)41/h7,9-10,12-14,16-17,21-22,25,27,30,32,38H,4-6,8,11,15,18-20H2,1-3H3,(H,36,39)/b13-7-/t21-,22+,25+,27-,30+,32-,34+/m1/s1. The molecule has 43 heavy (non-hydrogen) atoms. The highest BCUT2D eigenvalue weighted by molar-refractivity contribution is 7.90. The Bertz CT molecular complexity index is 1530. The molecule has 2 aromatic carbocycles. The summed E-state index contributed by atoms with van der Waals surface area (Å²) in [5, 5.41) is 11.3. The number of ether oxygens (including phenoxy) is 1. The van der Waals surface area contributed by atoms with E-state index in [-0.39, 0.29) is 34.7 Å². The Balaban J connectivity index is 1.43. The van der Waals surface area contributed by atoms with Crippen LogP contribution in [0.15, 0.2) is 48.6 Å². The molecule has 1 saturated carbocycles. The molecule has 2 aromatic rings. The number of sulfonamides is 1. The second-order valence-electron chi connectivity index (χ2n) is 13.3. The maximum Gasteiger partial charge on any atom is 0.264 e. The monoisotopic (exact) mass is 626 g/mol. The third-order valence-electron chi connectivity index (χ3n) is 10.7.